The average Bonchev–Trinajstić information content (AvgIpc) is 3.75. The van der Waals surface area contributed by atoms with E-state index in [-0.39, 0.29) is 17.8 Å². The second kappa shape index (κ2) is 8.36. The first-order chi connectivity index (χ1) is 17.2. The maximum Gasteiger partial charge on any atom is 0.435 e. The Morgan fingerprint density at radius 3 is 2.28 bits per heavy atom. The van der Waals surface area contributed by atoms with Gasteiger partial charge in [-0.15, -0.1) is 0 Å². The number of alkyl halides is 4. The maximum absolute atomic E-state index is 14.1. The molecule has 0 bridgehead atoms. The summed E-state index contributed by atoms with van der Waals surface area (Å²) in [5, 5.41) is 3.97. The van der Waals surface area contributed by atoms with Crippen molar-refractivity contribution in [2.45, 2.75) is 48.5 Å². The number of fused-ring (bicyclic) bond motifs is 2. The topological polar surface area (TPSA) is 47.4 Å². The lowest BCUT2D eigenvalue weighted by molar-refractivity contribution is -0.142. The van der Waals surface area contributed by atoms with Crippen molar-refractivity contribution < 1.29 is 22.7 Å². The van der Waals surface area contributed by atoms with E-state index in [0.717, 1.165) is 23.4 Å². The molecule has 2 aliphatic carbocycles. The van der Waals surface area contributed by atoms with E-state index in [1.807, 2.05) is 24.3 Å². The lowest BCUT2D eigenvalue weighted by atomic mass is 9.88. The Hall–Kier alpha value is -2.81. The van der Waals surface area contributed by atoms with E-state index in [9.17, 15) is 18.0 Å². The Kier molecular flexibility index (Phi) is 5.48. The molecule has 2 atom stereocenters. The molecule has 1 aromatic heterocycles. The number of carbonyl (C=O) groups excluding carboxylic acids is 1. The minimum atomic E-state index is -4.66. The van der Waals surface area contributed by atoms with Gasteiger partial charge in [0.15, 0.2) is 5.69 Å². The van der Waals surface area contributed by atoms with Gasteiger partial charge in [0.25, 0.3) is 5.91 Å². The van der Waals surface area contributed by atoms with Crippen molar-refractivity contribution in [3.63, 3.8) is 0 Å². The van der Waals surface area contributed by atoms with E-state index in [1.165, 1.54) is 19.1 Å². The molecule has 2 heterocycles. The van der Waals surface area contributed by atoms with Gasteiger partial charge in [-0.05, 0) is 80.0 Å². The van der Waals surface area contributed by atoms with Crippen LogP contribution in [0.4, 0.5) is 18.9 Å². The fourth-order valence-electron chi connectivity index (χ4n) is 5.28. The van der Waals surface area contributed by atoms with Gasteiger partial charge in [-0.3, -0.25) is 4.79 Å². The number of carbonyl (C=O) groups is 1. The highest BCUT2D eigenvalue weighted by Gasteiger charge is 2.58. The summed E-state index contributed by atoms with van der Waals surface area (Å²) < 4.78 is 48.7. The van der Waals surface area contributed by atoms with E-state index in [1.54, 1.807) is 29.2 Å². The molecule has 3 aromatic rings. The molecule has 1 aliphatic heterocycles. The monoisotopic (exact) mass is 559 g/mol. The van der Waals surface area contributed by atoms with Crippen molar-refractivity contribution in [3.8, 4) is 11.4 Å². The number of benzene rings is 2. The van der Waals surface area contributed by atoms with Crippen LogP contribution in [0, 0.1) is 5.92 Å². The average molecular weight is 560 g/mol. The van der Waals surface area contributed by atoms with E-state index in [0.29, 0.717) is 34.8 Å². The number of amides is 1. The van der Waals surface area contributed by atoms with Crippen LogP contribution in [0.25, 0.3) is 5.69 Å². The molecule has 0 N–H and O–H groups in total. The molecule has 1 amide bonds. The van der Waals surface area contributed by atoms with E-state index < -0.39 is 23.2 Å². The number of ether oxygens (including phenoxy) is 1. The lowest BCUT2D eigenvalue weighted by Gasteiger charge is -2.34. The van der Waals surface area contributed by atoms with Gasteiger partial charge in [0, 0.05) is 28.0 Å². The fraction of sp³-hybridized carbons (Fsp3) is 0.407. The standard InChI is InChI=1S/C27H25BrF3N3O2/c1-36-20-10-8-19(9-11-20)34-23-22(24(32-34)27(29,30)31)26(12-13-26)15-33(25(23)35)18-6-3-16(4-7-18)2-5-17-14-21(17)28/h3-4,6-11,17,21H,2,5,12-15H2,1H3. The number of aromatic nitrogens is 2. The third-order valence-electron chi connectivity index (χ3n) is 7.65. The summed E-state index contributed by atoms with van der Waals surface area (Å²) in [6.45, 7) is 0.225. The number of halogens is 4. The highest BCUT2D eigenvalue weighted by molar-refractivity contribution is 9.09. The molecule has 9 heteroatoms. The SMILES string of the molecule is COc1ccc(-n2nc(C(F)(F)F)c3c2C(=O)N(c2ccc(CCC4CC4Br)cc2)CC32CC2)cc1. The Balaban J connectivity index is 1.38. The van der Waals surface area contributed by atoms with Gasteiger partial charge in [-0.2, -0.15) is 18.3 Å². The quantitative estimate of drug-likeness (QED) is 0.332. The Morgan fingerprint density at radius 1 is 1.08 bits per heavy atom. The normalized spacial score (nSPS) is 22.0. The van der Waals surface area contributed by atoms with Gasteiger partial charge < -0.3 is 9.64 Å². The number of aryl methyl sites for hydroxylation is 1. The molecule has 36 heavy (non-hydrogen) atoms. The number of anilines is 1. The minimum absolute atomic E-state index is 0.00239. The van der Waals surface area contributed by atoms with Crippen LogP contribution in [-0.4, -0.2) is 34.2 Å². The van der Waals surface area contributed by atoms with Gasteiger partial charge >= 0.3 is 6.18 Å². The first-order valence-corrected chi connectivity index (χ1v) is 13.0. The largest absolute Gasteiger partial charge is 0.497 e. The van der Waals surface area contributed by atoms with Crippen molar-refractivity contribution in [2.75, 3.05) is 18.6 Å². The Bertz CT molecular complexity index is 1310. The molecule has 3 aliphatic rings. The first kappa shape index (κ1) is 23.6. The van der Waals surface area contributed by atoms with E-state index in [4.69, 9.17) is 4.74 Å². The van der Waals surface area contributed by atoms with Crippen LogP contribution in [0.1, 0.15) is 53.0 Å². The molecule has 0 radical (unpaired) electrons. The number of hydrogen-bond donors (Lipinski definition) is 0. The maximum atomic E-state index is 14.1. The molecule has 188 valence electrons. The van der Waals surface area contributed by atoms with Crippen LogP contribution in [0.15, 0.2) is 48.5 Å². The summed E-state index contributed by atoms with van der Waals surface area (Å²) in [6.07, 6.45) is -0.174. The van der Waals surface area contributed by atoms with Crippen molar-refractivity contribution in [1.29, 1.82) is 0 Å². The van der Waals surface area contributed by atoms with Crippen LogP contribution in [-0.2, 0) is 18.0 Å². The smallest absolute Gasteiger partial charge is 0.435 e. The lowest BCUT2D eigenvalue weighted by Crippen LogP contribution is -2.44. The summed E-state index contributed by atoms with van der Waals surface area (Å²) in [5.41, 5.74) is 0.623. The van der Waals surface area contributed by atoms with Gasteiger partial charge in [-0.1, -0.05) is 28.1 Å². The summed E-state index contributed by atoms with van der Waals surface area (Å²) in [4.78, 5) is 16.1. The van der Waals surface area contributed by atoms with Crippen LogP contribution in [0.5, 0.6) is 5.75 Å². The second-order valence-electron chi connectivity index (χ2n) is 10.1. The fourth-order valence-corrected chi connectivity index (χ4v) is 6.02. The molecule has 2 aromatic carbocycles. The highest BCUT2D eigenvalue weighted by Crippen LogP contribution is 2.56. The molecular weight excluding hydrogens is 535 g/mol. The van der Waals surface area contributed by atoms with Crippen LogP contribution < -0.4 is 9.64 Å². The molecule has 1 spiro atoms. The number of methoxy groups -OCH3 is 1. The molecule has 6 rings (SSSR count). The molecule has 2 unspecified atom stereocenters. The minimum Gasteiger partial charge on any atom is -0.497 e. The Morgan fingerprint density at radius 2 is 1.72 bits per heavy atom. The van der Waals surface area contributed by atoms with Gasteiger partial charge in [0.2, 0.25) is 0 Å². The Labute approximate surface area is 215 Å². The molecule has 2 fully saturated rings. The van der Waals surface area contributed by atoms with Crippen molar-refractivity contribution >= 4 is 27.5 Å². The third kappa shape index (κ3) is 4.01. The zero-order valence-electron chi connectivity index (χ0n) is 19.7. The molecule has 0 saturated heterocycles. The van der Waals surface area contributed by atoms with Gasteiger partial charge in [0.05, 0.1) is 12.8 Å². The van der Waals surface area contributed by atoms with Gasteiger partial charge in [0.1, 0.15) is 11.4 Å². The molecule has 2 saturated carbocycles. The summed E-state index contributed by atoms with van der Waals surface area (Å²) in [5.74, 6) is 0.827. The summed E-state index contributed by atoms with van der Waals surface area (Å²) >= 11 is 3.64. The van der Waals surface area contributed by atoms with Crippen LogP contribution >= 0.6 is 15.9 Å². The van der Waals surface area contributed by atoms with Crippen molar-refractivity contribution in [2.24, 2.45) is 5.92 Å². The zero-order valence-corrected chi connectivity index (χ0v) is 21.3. The van der Waals surface area contributed by atoms with Gasteiger partial charge in [-0.25, -0.2) is 4.68 Å². The predicted molar refractivity (Wildman–Crippen MR) is 133 cm³/mol. The second-order valence-corrected chi connectivity index (χ2v) is 11.2. The predicted octanol–water partition coefficient (Wildman–Crippen LogP) is 6.31. The molecular formula is C27H25BrF3N3O2. The van der Waals surface area contributed by atoms with Crippen LogP contribution in [0.3, 0.4) is 0 Å². The first-order valence-electron chi connectivity index (χ1n) is 12.1. The zero-order chi connectivity index (χ0) is 25.2. The van der Waals surface area contributed by atoms with Crippen LogP contribution in [0.2, 0.25) is 0 Å². The van der Waals surface area contributed by atoms with E-state index >= 15 is 0 Å². The summed E-state index contributed by atoms with van der Waals surface area (Å²) in [6, 6.07) is 14.4. The highest BCUT2D eigenvalue weighted by atomic mass is 79.9. The summed E-state index contributed by atoms with van der Waals surface area (Å²) in [7, 11) is 1.51. The number of hydrogen-bond acceptors (Lipinski definition) is 3. The van der Waals surface area contributed by atoms with E-state index in [2.05, 4.69) is 21.0 Å². The number of nitrogens with zero attached hydrogens (tertiary/aromatic N) is 3. The molecule has 5 nitrogen and oxygen atoms in total. The third-order valence-corrected chi connectivity index (χ3v) is 8.77. The van der Waals surface area contributed by atoms with Crippen molar-refractivity contribution in [1.82, 2.24) is 9.78 Å². The van der Waals surface area contributed by atoms with Crippen molar-refractivity contribution in [3.05, 3.63) is 71.0 Å². The number of rotatable bonds is 6.